The third-order valence-corrected chi connectivity index (χ3v) is 3.98. The van der Waals surface area contributed by atoms with Crippen LogP contribution in [0, 0.1) is 0 Å². The molecule has 0 saturated heterocycles. The number of H-pyrrole nitrogens is 1. The number of hydrogen-bond acceptors (Lipinski definition) is 4. The number of rotatable bonds is 9. The third kappa shape index (κ3) is 5.13. The van der Waals surface area contributed by atoms with E-state index in [2.05, 4.69) is 20.0 Å². The van der Waals surface area contributed by atoms with Crippen LogP contribution in [0.25, 0.3) is 0 Å². The molecule has 0 aliphatic rings. The summed E-state index contributed by atoms with van der Waals surface area (Å²) in [5.74, 6) is 0.597. The van der Waals surface area contributed by atoms with Crippen LogP contribution in [-0.4, -0.2) is 49.4 Å². The topological polar surface area (TPSA) is 90.1 Å². The van der Waals surface area contributed by atoms with Crippen LogP contribution in [0.4, 0.5) is 0 Å². The first kappa shape index (κ1) is 15.1. The van der Waals surface area contributed by atoms with Crippen molar-refractivity contribution in [3.8, 4) is 0 Å². The monoisotopic (exact) mass is 275 g/mol. The third-order valence-electron chi connectivity index (χ3n) is 2.46. The maximum absolute atomic E-state index is 11.8. The lowest BCUT2D eigenvalue weighted by Crippen LogP contribution is -2.39. The second kappa shape index (κ2) is 7.47. The Hall–Kier alpha value is -0.960. The highest BCUT2D eigenvalue weighted by Gasteiger charge is 2.16. The highest BCUT2D eigenvalue weighted by molar-refractivity contribution is 7.87. The fourth-order valence-electron chi connectivity index (χ4n) is 1.39. The lowest BCUT2D eigenvalue weighted by Gasteiger charge is -2.17. The Balaban J connectivity index is 2.33. The Labute approximate surface area is 108 Å². The molecule has 0 aliphatic carbocycles. The predicted molar refractivity (Wildman–Crippen MR) is 70.1 cm³/mol. The first-order valence-corrected chi connectivity index (χ1v) is 7.40. The summed E-state index contributed by atoms with van der Waals surface area (Å²) >= 11 is 0. The van der Waals surface area contributed by atoms with Crippen LogP contribution in [-0.2, 0) is 16.8 Å². The maximum atomic E-state index is 11.8. The van der Waals surface area contributed by atoms with Crippen LogP contribution >= 0.6 is 0 Å². The highest BCUT2D eigenvalue weighted by atomic mass is 32.2. The number of aromatic amines is 1. The molecule has 1 rings (SSSR count). The van der Waals surface area contributed by atoms with Crippen molar-refractivity contribution in [1.82, 2.24) is 24.3 Å². The van der Waals surface area contributed by atoms with Crippen molar-refractivity contribution in [2.45, 2.75) is 19.9 Å². The summed E-state index contributed by atoms with van der Waals surface area (Å²) < 4.78 is 27.5. The zero-order valence-electron chi connectivity index (χ0n) is 10.8. The van der Waals surface area contributed by atoms with Crippen molar-refractivity contribution in [3.05, 3.63) is 18.2 Å². The van der Waals surface area contributed by atoms with Gasteiger partial charge in [0.2, 0.25) is 0 Å². The average Bonchev–Trinajstić information content (AvgIpc) is 2.85. The van der Waals surface area contributed by atoms with E-state index in [9.17, 15) is 8.42 Å². The van der Waals surface area contributed by atoms with E-state index in [-0.39, 0.29) is 6.54 Å². The summed E-state index contributed by atoms with van der Waals surface area (Å²) in [4.78, 5) is 6.80. The first-order valence-electron chi connectivity index (χ1n) is 5.96. The van der Waals surface area contributed by atoms with Gasteiger partial charge in [-0.1, -0.05) is 6.92 Å². The molecule has 0 unspecified atom stereocenters. The summed E-state index contributed by atoms with van der Waals surface area (Å²) in [6, 6.07) is 0. The summed E-state index contributed by atoms with van der Waals surface area (Å²) in [5.41, 5.74) is 0. The van der Waals surface area contributed by atoms with Crippen molar-refractivity contribution in [2.75, 3.05) is 26.7 Å². The van der Waals surface area contributed by atoms with E-state index < -0.39 is 10.2 Å². The average molecular weight is 275 g/mol. The standard InChI is InChI=1S/C10H21N5O2S/c1-3-11-5-4-8-15(2)18(16,17)14-9-10-12-6-7-13-10/h6-7,11,14H,3-5,8-9H2,1-2H3,(H,12,13). The Morgan fingerprint density at radius 3 is 2.89 bits per heavy atom. The van der Waals surface area contributed by atoms with Crippen LogP contribution in [0.15, 0.2) is 12.4 Å². The Morgan fingerprint density at radius 2 is 2.28 bits per heavy atom. The summed E-state index contributed by atoms with van der Waals surface area (Å²) in [6.45, 7) is 4.39. The van der Waals surface area contributed by atoms with Gasteiger partial charge in [0.1, 0.15) is 5.82 Å². The molecule has 0 atom stereocenters. The molecule has 1 heterocycles. The Morgan fingerprint density at radius 1 is 1.50 bits per heavy atom. The molecule has 0 saturated carbocycles. The van der Waals surface area contributed by atoms with Crippen LogP contribution in [0.1, 0.15) is 19.2 Å². The molecule has 1 aromatic heterocycles. The zero-order chi connectivity index (χ0) is 13.4. The molecule has 104 valence electrons. The SMILES string of the molecule is CCNCCCN(C)S(=O)(=O)NCc1ncc[nH]1. The van der Waals surface area contributed by atoms with Crippen molar-refractivity contribution >= 4 is 10.2 Å². The van der Waals surface area contributed by atoms with Gasteiger partial charge in [-0.2, -0.15) is 17.4 Å². The minimum atomic E-state index is -3.43. The van der Waals surface area contributed by atoms with E-state index >= 15 is 0 Å². The number of imidazole rings is 1. The molecular weight excluding hydrogens is 254 g/mol. The summed E-state index contributed by atoms with van der Waals surface area (Å²) in [6.07, 6.45) is 4.03. The number of aromatic nitrogens is 2. The normalized spacial score (nSPS) is 12.2. The van der Waals surface area contributed by atoms with Crippen LogP contribution in [0.3, 0.4) is 0 Å². The van der Waals surface area contributed by atoms with E-state index in [1.165, 1.54) is 4.31 Å². The first-order chi connectivity index (χ1) is 8.56. The molecule has 0 aliphatic heterocycles. The minimum absolute atomic E-state index is 0.173. The molecule has 0 spiro atoms. The van der Waals surface area contributed by atoms with Gasteiger partial charge in [0.15, 0.2) is 0 Å². The molecule has 3 N–H and O–H groups in total. The van der Waals surface area contributed by atoms with Crippen molar-refractivity contribution in [3.63, 3.8) is 0 Å². The molecule has 0 fully saturated rings. The quantitative estimate of drug-likeness (QED) is 0.539. The molecule has 0 bridgehead atoms. The van der Waals surface area contributed by atoms with Gasteiger partial charge in [-0.25, -0.2) is 4.98 Å². The van der Waals surface area contributed by atoms with Gasteiger partial charge in [-0.05, 0) is 19.5 Å². The highest BCUT2D eigenvalue weighted by Crippen LogP contribution is 1.97. The smallest absolute Gasteiger partial charge is 0.279 e. The Kier molecular flexibility index (Phi) is 6.27. The number of hydrogen-bond donors (Lipinski definition) is 3. The molecule has 0 amide bonds. The predicted octanol–water partition coefficient (Wildman–Crippen LogP) is -0.324. The van der Waals surface area contributed by atoms with Crippen LogP contribution < -0.4 is 10.0 Å². The number of nitrogens with zero attached hydrogens (tertiary/aromatic N) is 2. The van der Waals surface area contributed by atoms with E-state index in [1.54, 1.807) is 19.4 Å². The van der Waals surface area contributed by atoms with Gasteiger partial charge >= 0.3 is 0 Å². The van der Waals surface area contributed by atoms with Crippen LogP contribution in [0.5, 0.6) is 0 Å². The second-order valence-corrected chi connectivity index (χ2v) is 5.75. The minimum Gasteiger partial charge on any atom is -0.347 e. The van der Waals surface area contributed by atoms with E-state index in [1.807, 2.05) is 6.92 Å². The molecule has 18 heavy (non-hydrogen) atoms. The summed E-state index contributed by atoms with van der Waals surface area (Å²) in [7, 11) is -1.86. The van der Waals surface area contributed by atoms with E-state index in [0.29, 0.717) is 12.4 Å². The van der Waals surface area contributed by atoms with Crippen molar-refractivity contribution < 1.29 is 8.42 Å². The molecular formula is C10H21N5O2S. The molecule has 7 nitrogen and oxygen atoms in total. The fourth-order valence-corrected chi connectivity index (χ4v) is 2.30. The Bertz CT molecular complexity index is 417. The molecule has 0 radical (unpaired) electrons. The van der Waals surface area contributed by atoms with Gasteiger partial charge in [0.05, 0.1) is 6.54 Å². The van der Waals surface area contributed by atoms with Gasteiger partial charge in [0.25, 0.3) is 10.2 Å². The molecule has 0 aromatic carbocycles. The molecule has 1 aromatic rings. The van der Waals surface area contributed by atoms with Crippen molar-refractivity contribution in [2.24, 2.45) is 0 Å². The zero-order valence-corrected chi connectivity index (χ0v) is 11.6. The largest absolute Gasteiger partial charge is 0.347 e. The number of nitrogens with one attached hydrogen (secondary N) is 3. The lowest BCUT2D eigenvalue weighted by atomic mass is 10.4. The summed E-state index contributed by atoms with van der Waals surface area (Å²) in [5, 5.41) is 3.15. The maximum Gasteiger partial charge on any atom is 0.279 e. The van der Waals surface area contributed by atoms with Crippen molar-refractivity contribution in [1.29, 1.82) is 0 Å². The second-order valence-electron chi connectivity index (χ2n) is 3.89. The van der Waals surface area contributed by atoms with E-state index in [4.69, 9.17) is 0 Å². The van der Waals surface area contributed by atoms with Gasteiger partial charge < -0.3 is 10.3 Å². The van der Waals surface area contributed by atoms with Crippen LogP contribution in [0.2, 0.25) is 0 Å². The fraction of sp³-hybridized carbons (Fsp3) is 0.700. The van der Waals surface area contributed by atoms with Gasteiger partial charge in [0, 0.05) is 26.0 Å². The van der Waals surface area contributed by atoms with Gasteiger partial charge in [-0.3, -0.25) is 0 Å². The lowest BCUT2D eigenvalue weighted by molar-refractivity contribution is 0.445. The molecule has 8 heteroatoms. The van der Waals surface area contributed by atoms with Gasteiger partial charge in [-0.15, -0.1) is 0 Å². The van der Waals surface area contributed by atoms with E-state index in [0.717, 1.165) is 19.5 Å².